The number of benzene rings is 2. The molecule has 0 aliphatic rings. The number of hydrogen-bond acceptors (Lipinski definition) is 6. The quantitative estimate of drug-likeness (QED) is 0.223. The first kappa shape index (κ1) is 28.4. The molecule has 0 fully saturated rings. The third-order valence-corrected chi connectivity index (χ3v) is 5.67. The van der Waals surface area contributed by atoms with Crippen molar-refractivity contribution in [2.24, 2.45) is 0 Å². The van der Waals surface area contributed by atoms with Crippen molar-refractivity contribution < 1.29 is 27.1 Å². The molecule has 7 nitrogen and oxygen atoms in total. The van der Waals surface area contributed by atoms with Crippen LogP contribution in [0.1, 0.15) is 29.5 Å². The Bertz CT molecular complexity index is 1250. The van der Waals surface area contributed by atoms with Gasteiger partial charge in [-0.05, 0) is 67.9 Å². The van der Waals surface area contributed by atoms with Gasteiger partial charge in [0.05, 0.1) is 12.2 Å². The number of hydrogen-bond donors (Lipinski definition) is 2. The minimum absolute atomic E-state index is 0.0792. The second-order valence-corrected chi connectivity index (χ2v) is 8.37. The third kappa shape index (κ3) is 7.67. The minimum atomic E-state index is -4.45. The van der Waals surface area contributed by atoms with E-state index in [1.165, 1.54) is 24.3 Å². The Morgan fingerprint density at radius 2 is 1.87 bits per heavy atom. The molecular weight excluding hydrogens is 502 g/mol. The normalized spacial score (nSPS) is 11.1. The van der Waals surface area contributed by atoms with E-state index in [0.717, 1.165) is 17.7 Å². The van der Waals surface area contributed by atoms with Crippen LogP contribution in [0.25, 0.3) is 11.4 Å². The highest BCUT2D eigenvalue weighted by Crippen LogP contribution is 2.30. The largest absolute Gasteiger partial charge is 0.450 e. The molecule has 11 heteroatoms. The van der Waals surface area contributed by atoms with Gasteiger partial charge in [0.1, 0.15) is 17.5 Å². The van der Waals surface area contributed by atoms with Gasteiger partial charge in [-0.3, -0.25) is 0 Å². The van der Waals surface area contributed by atoms with E-state index >= 15 is 0 Å². The van der Waals surface area contributed by atoms with E-state index in [-0.39, 0.29) is 19.0 Å². The molecule has 0 unspecified atom stereocenters. The van der Waals surface area contributed by atoms with Crippen molar-refractivity contribution in [2.75, 3.05) is 30.4 Å². The Morgan fingerprint density at radius 3 is 2.53 bits per heavy atom. The van der Waals surface area contributed by atoms with Gasteiger partial charge in [0, 0.05) is 31.3 Å². The Kier molecular flexibility index (Phi) is 9.64. The first-order valence-electron chi connectivity index (χ1n) is 11.9. The van der Waals surface area contributed by atoms with Gasteiger partial charge in [0.15, 0.2) is 5.82 Å². The predicted octanol–water partition coefficient (Wildman–Crippen LogP) is 6.31. The fourth-order valence-electron chi connectivity index (χ4n) is 3.67. The van der Waals surface area contributed by atoms with Crippen LogP contribution >= 0.6 is 0 Å². The fraction of sp³-hybridized carbons (Fsp3) is 0.296. The van der Waals surface area contributed by atoms with Crippen LogP contribution in [0.2, 0.25) is 0 Å². The number of anilines is 2. The molecule has 2 N–H and O–H groups in total. The molecule has 2 aromatic carbocycles. The number of nitrogens with zero attached hydrogens (tertiary/aromatic N) is 3. The zero-order chi connectivity index (χ0) is 27.7. The number of nitrogens with one attached hydrogen (secondary N) is 2. The molecule has 0 saturated carbocycles. The van der Waals surface area contributed by atoms with Gasteiger partial charge < -0.3 is 20.3 Å². The van der Waals surface area contributed by atoms with Crippen molar-refractivity contribution in [3.63, 3.8) is 0 Å². The maximum Gasteiger partial charge on any atom is 0.416 e. The summed E-state index contributed by atoms with van der Waals surface area (Å²) in [5, 5.41) is 5.51. The summed E-state index contributed by atoms with van der Waals surface area (Å²) < 4.78 is 57.0. The Hall–Kier alpha value is -4.15. The van der Waals surface area contributed by atoms with Crippen molar-refractivity contribution in [1.29, 1.82) is 0 Å². The zero-order valence-electron chi connectivity index (χ0n) is 21.1. The van der Waals surface area contributed by atoms with Crippen LogP contribution in [0.15, 0.2) is 61.3 Å². The van der Waals surface area contributed by atoms with Gasteiger partial charge in [0.2, 0.25) is 0 Å². The van der Waals surface area contributed by atoms with Crippen LogP contribution in [0.5, 0.6) is 0 Å². The van der Waals surface area contributed by atoms with E-state index in [1.54, 1.807) is 25.4 Å². The summed E-state index contributed by atoms with van der Waals surface area (Å²) in [6.07, 6.45) is -2.34. The van der Waals surface area contributed by atoms with Crippen molar-refractivity contribution in [1.82, 2.24) is 15.3 Å². The van der Waals surface area contributed by atoms with Crippen molar-refractivity contribution in [3.05, 3.63) is 83.8 Å². The monoisotopic (exact) mass is 531 g/mol. The molecule has 3 aromatic rings. The predicted molar refractivity (Wildman–Crippen MR) is 138 cm³/mol. The van der Waals surface area contributed by atoms with Gasteiger partial charge >= 0.3 is 12.3 Å². The summed E-state index contributed by atoms with van der Waals surface area (Å²) in [7, 11) is 1.75. The molecule has 38 heavy (non-hydrogen) atoms. The average molecular weight is 532 g/mol. The van der Waals surface area contributed by atoms with Gasteiger partial charge in [-0.2, -0.15) is 13.2 Å². The summed E-state index contributed by atoms with van der Waals surface area (Å²) in [4.78, 5) is 23.0. The van der Waals surface area contributed by atoms with Gasteiger partial charge in [-0.1, -0.05) is 18.7 Å². The second-order valence-electron chi connectivity index (χ2n) is 8.37. The van der Waals surface area contributed by atoms with Crippen LogP contribution in [-0.4, -0.2) is 36.3 Å². The number of alkyl carbamates (subject to hydrolysis) is 1. The first-order chi connectivity index (χ1) is 18.1. The number of aromatic nitrogens is 2. The highest BCUT2D eigenvalue weighted by molar-refractivity contribution is 5.67. The number of amides is 1. The Morgan fingerprint density at radius 1 is 1.13 bits per heavy atom. The molecule has 0 aliphatic carbocycles. The fourth-order valence-corrected chi connectivity index (χ4v) is 3.67. The maximum atomic E-state index is 13.4. The van der Waals surface area contributed by atoms with Crippen molar-refractivity contribution in [3.8, 4) is 11.4 Å². The van der Waals surface area contributed by atoms with E-state index in [2.05, 4.69) is 27.2 Å². The Labute approximate surface area is 218 Å². The summed E-state index contributed by atoms with van der Waals surface area (Å²) in [6.45, 7) is 6.34. The molecule has 0 bridgehead atoms. The molecule has 0 spiro atoms. The van der Waals surface area contributed by atoms with Gasteiger partial charge in [-0.15, -0.1) is 0 Å². The average Bonchev–Trinajstić information content (AvgIpc) is 2.90. The molecule has 1 amide bonds. The van der Waals surface area contributed by atoms with Crippen LogP contribution in [0.4, 0.5) is 34.0 Å². The van der Waals surface area contributed by atoms with Crippen molar-refractivity contribution >= 4 is 17.7 Å². The SMILES string of the molecule is C=CN(CCCCOC(=O)NCc1cccc(C(F)(F)F)c1)c1nc(-c2ccc(F)cc2)nc(NC)c1C. The maximum absolute atomic E-state index is 13.4. The van der Waals surface area contributed by atoms with E-state index in [9.17, 15) is 22.4 Å². The van der Waals surface area contributed by atoms with Gasteiger partial charge in [0.25, 0.3) is 0 Å². The van der Waals surface area contributed by atoms with Crippen LogP contribution in [0, 0.1) is 12.7 Å². The molecule has 0 radical (unpaired) electrons. The Balaban J connectivity index is 1.52. The molecule has 1 aromatic heterocycles. The highest BCUT2D eigenvalue weighted by atomic mass is 19.4. The molecule has 0 atom stereocenters. The number of rotatable bonds is 11. The molecule has 202 valence electrons. The lowest BCUT2D eigenvalue weighted by Crippen LogP contribution is -2.25. The standard InChI is InChI=1S/C27H29F4N5O2/c1-4-36(25-18(2)23(32-3)34-24(35-25)20-10-12-22(28)13-11-20)14-5-6-15-38-26(37)33-17-19-8-7-9-21(16-19)27(29,30)31/h4,7-13,16H,1,5-6,14-15,17H2,2-3H3,(H,33,37)(H,32,34,35). The van der Waals surface area contributed by atoms with Crippen LogP contribution < -0.4 is 15.5 Å². The summed E-state index contributed by atoms with van der Waals surface area (Å²) in [5.74, 6) is 1.34. The lowest BCUT2D eigenvalue weighted by molar-refractivity contribution is -0.137. The lowest BCUT2D eigenvalue weighted by atomic mass is 10.1. The summed E-state index contributed by atoms with van der Waals surface area (Å²) >= 11 is 0. The number of carbonyl (C=O) groups is 1. The number of unbranched alkanes of at least 4 members (excludes halogenated alkanes) is 1. The minimum Gasteiger partial charge on any atom is -0.450 e. The van der Waals surface area contributed by atoms with Crippen LogP contribution in [0.3, 0.4) is 0 Å². The topological polar surface area (TPSA) is 79.4 Å². The molecular formula is C27H29F4N5O2. The number of carbonyl (C=O) groups excluding carboxylic acids is 1. The van der Waals surface area contributed by atoms with E-state index in [4.69, 9.17) is 4.74 Å². The van der Waals surface area contributed by atoms with Crippen LogP contribution in [-0.2, 0) is 17.5 Å². The third-order valence-electron chi connectivity index (χ3n) is 5.67. The van der Waals surface area contributed by atoms with Gasteiger partial charge in [-0.25, -0.2) is 19.2 Å². The number of ether oxygens (including phenoxy) is 1. The second kappa shape index (κ2) is 12.9. The van der Waals surface area contributed by atoms with E-state index in [1.807, 2.05) is 11.8 Å². The molecule has 3 rings (SSSR count). The number of halogens is 4. The smallest absolute Gasteiger partial charge is 0.416 e. The summed E-state index contributed by atoms with van der Waals surface area (Å²) in [5.41, 5.74) is 1.02. The molecule has 0 aliphatic heterocycles. The van der Waals surface area contributed by atoms with E-state index in [0.29, 0.717) is 48.0 Å². The van der Waals surface area contributed by atoms with Crippen molar-refractivity contribution in [2.45, 2.75) is 32.5 Å². The summed E-state index contributed by atoms with van der Waals surface area (Å²) in [6, 6.07) is 10.7. The highest BCUT2D eigenvalue weighted by Gasteiger charge is 2.30. The molecule has 1 heterocycles. The molecule has 0 saturated heterocycles. The zero-order valence-corrected chi connectivity index (χ0v) is 21.1. The van der Waals surface area contributed by atoms with E-state index < -0.39 is 17.8 Å². The number of alkyl halides is 3. The lowest BCUT2D eigenvalue weighted by Gasteiger charge is -2.23. The first-order valence-corrected chi connectivity index (χ1v) is 11.9.